The van der Waals surface area contributed by atoms with E-state index in [-0.39, 0.29) is 16.3 Å². The fourth-order valence-electron chi connectivity index (χ4n) is 1.39. The van der Waals surface area contributed by atoms with Crippen LogP contribution < -0.4 is 5.73 Å². The molecular formula is C11H9ClF2N2O. The summed E-state index contributed by atoms with van der Waals surface area (Å²) in [5, 5.41) is -0.270. The summed E-state index contributed by atoms with van der Waals surface area (Å²) in [6.45, 7) is 0.372. The number of oxazole rings is 1. The van der Waals surface area contributed by atoms with Crippen molar-refractivity contribution in [3.63, 3.8) is 0 Å². The molecule has 0 spiro atoms. The first-order valence-electron chi connectivity index (χ1n) is 4.91. The number of hydrogen-bond acceptors (Lipinski definition) is 3. The van der Waals surface area contributed by atoms with Crippen molar-refractivity contribution in [3.8, 4) is 11.3 Å². The third-order valence-electron chi connectivity index (χ3n) is 2.19. The van der Waals surface area contributed by atoms with Gasteiger partial charge in [0, 0.05) is 13.0 Å². The van der Waals surface area contributed by atoms with E-state index in [1.807, 2.05) is 0 Å². The average Bonchev–Trinajstić information content (AvgIpc) is 2.72. The molecule has 1 aromatic heterocycles. The van der Waals surface area contributed by atoms with Crippen molar-refractivity contribution in [3.05, 3.63) is 40.9 Å². The van der Waals surface area contributed by atoms with Crippen molar-refractivity contribution < 1.29 is 13.2 Å². The van der Waals surface area contributed by atoms with Gasteiger partial charge in [-0.05, 0) is 12.1 Å². The second-order valence-electron chi connectivity index (χ2n) is 3.40. The van der Waals surface area contributed by atoms with Crippen LogP contribution in [0, 0.1) is 11.6 Å². The van der Waals surface area contributed by atoms with E-state index in [1.165, 1.54) is 6.20 Å². The maximum atomic E-state index is 13.5. The summed E-state index contributed by atoms with van der Waals surface area (Å²) < 4.78 is 32.0. The number of nitrogens with zero attached hydrogens (tertiary/aromatic N) is 1. The van der Waals surface area contributed by atoms with Crippen LogP contribution in [0.4, 0.5) is 8.78 Å². The summed E-state index contributed by atoms with van der Waals surface area (Å²) in [5.41, 5.74) is 5.32. The van der Waals surface area contributed by atoms with E-state index in [1.54, 1.807) is 0 Å². The highest BCUT2D eigenvalue weighted by atomic mass is 35.5. The standard InChI is InChI=1S/C11H9ClF2N2O/c12-7-4-8(13)6(3-9(7)14)10-5-16-11(17-10)1-2-15/h3-5H,1-2,15H2. The average molecular weight is 259 g/mol. The van der Waals surface area contributed by atoms with Crippen LogP contribution in [0.5, 0.6) is 0 Å². The molecule has 0 unspecified atom stereocenters. The summed E-state index contributed by atoms with van der Waals surface area (Å²) in [6.07, 6.45) is 1.77. The lowest BCUT2D eigenvalue weighted by molar-refractivity contribution is 0.502. The van der Waals surface area contributed by atoms with Gasteiger partial charge in [0.1, 0.15) is 11.6 Å². The van der Waals surface area contributed by atoms with Crippen LogP contribution in [-0.4, -0.2) is 11.5 Å². The number of benzene rings is 1. The SMILES string of the molecule is NCCc1ncc(-c2cc(F)c(Cl)cc2F)o1. The first-order valence-corrected chi connectivity index (χ1v) is 5.29. The molecule has 17 heavy (non-hydrogen) atoms. The molecule has 0 radical (unpaired) electrons. The fraction of sp³-hybridized carbons (Fsp3) is 0.182. The zero-order valence-corrected chi connectivity index (χ0v) is 9.47. The molecule has 0 saturated carbocycles. The van der Waals surface area contributed by atoms with E-state index >= 15 is 0 Å². The van der Waals surface area contributed by atoms with Gasteiger partial charge in [-0.3, -0.25) is 0 Å². The second kappa shape index (κ2) is 4.81. The Labute approximate surface area is 101 Å². The molecule has 2 N–H and O–H groups in total. The molecule has 1 aromatic carbocycles. The van der Waals surface area contributed by atoms with Crippen LogP contribution in [0.3, 0.4) is 0 Å². The molecule has 0 amide bonds. The highest BCUT2D eigenvalue weighted by molar-refractivity contribution is 6.30. The molecule has 1 heterocycles. The van der Waals surface area contributed by atoms with Crippen molar-refractivity contribution in [2.75, 3.05) is 6.54 Å². The van der Waals surface area contributed by atoms with Crippen LogP contribution in [0.25, 0.3) is 11.3 Å². The molecule has 0 aliphatic carbocycles. The third-order valence-corrected chi connectivity index (χ3v) is 2.48. The van der Waals surface area contributed by atoms with Gasteiger partial charge in [0.15, 0.2) is 11.7 Å². The lowest BCUT2D eigenvalue weighted by Gasteiger charge is -2.01. The first-order chi connectivity index (χ1) is 8.11. The van der Waals surface area contributed by atoms with Crippen molar-refractivity contribution in [1.82, 2.24) is 4.98 Å². The van der Waals surface area contributed by atoms with Gasteiger partial charge in [0.25, 0.3) is 0 Å². The Morgan fingerprint density at radius 2 is 2.06 bits per heavy atom. The molecule has 0 aliphatic rings. The van der Waals surface area contributed by atoms with Gasteiger partial charge in [0.05, 0.1) is 16.8 Å². The summed E-state index contributed by atoms with van der Waals surface area (Å²) in [7, 11) is 0. The Kier molecular flexibility index (Phi) is 3.40. The summed E-state index contributed by atoms with van der Waals surface area (Å²) in [4.78, 5) is 3.91. The van der Waals surface area contributed by atoms with Gasteiger partial charge in [-0.25, -0.2) is 13.8 Å². The van der Waals surface area contributed by atoms with Crippen molar-refractivity contribution in [2.45, 2.75) is 6.42 Å². The zero-order valence-electron chi connectivity index (χ0n) is 8.71. The maximum Gasteiger partial charge on any atom is 0.196 e. The topological polar surface area (TPSA) is 52.0 Å². The van der Waals surface area contributed by atoms with E-state index < -0.39 is 11.6 Å². The highest BCUT2D eigenvalue weighted by Gasteiger charge is 2.14. The normalized spacial score (nSPS) is 10.8. The van der Waals surface area contributed by atoms with E-state index in [2.05, 4.69) is 4.98 Å². The van der Waals surface area contributed by atoms with Crippen LogP contribution in [0.2, 0.25) is 5.02 Å². The number of halogens is 3. The molecule has 6 heteroatoms. The number of hydrogen-bond donors (Lipinski definition) is 1. The fourth-order valence-corrected chi connectivity index (χ4v) is 1.54. The molecule has 2 aromatic rings. The first kappa shape index (κ1) is 12.0. The molecule has 0 atom stereocenters. The highest BCUT2D eigenvalue weighted by Crippen LogP contribution is 2.28. The predicted octanol–water partition coefficient (Wildman–Crippen LogP) is 2.77. The van der Waals surface area contributed by atoms with E-state index in [0.29, 0.717) is 18.9 Å². The largest absolute Gasteiger partial charge is 0.441 e. The second-order valence-corrected chi connectivity index (χ2v) is 3.81. The Balaban J connectivity index is 2.41. The van der Waals surface area contributed by atoms with E-state index in [0.717, 1.165) is 12.1 Å². The zero-order chi connectivity index (χ0) is 12.4. The minimum absolute atomic E-state index is 0.0114. The maximum absolute atomic E-state index is 13.5. The lowest BCUT2D eigenvalue weighted by Crippen LogP contribution is -2.02. The Morgan fingerprint density at radius 1 is 1.29 bits per heavy atom. The van der Waals surface area contributed by atoms with Gasteiger partial charge in [-0.1, -0.05) is 11.6 Å². The van der Waals surface area contributed by atoms with Crippen LogP contribution in [0.1, 0.15) is 5.89 Å². The third kappa shape index (κ3) is 2.45. The monoisotopic (exact) mass is 258 g/mol. The Hall–Kier alpha value is -1.46. The molecule has 2 rings (SSSR count). The molecular weight excluding hydrogens is 250 g/mol. The van der Waals surface area contributed by atoms with Crippen molar-refractivity contribution >= 4 is 11.6 Å². The van der Waals surface area contributed by atoms with E-state index in [4.69, 9.17) is 21.8 Å². The van der Waals surface area contributed by atoms with Crippen LogP contribution in [-0.2, 0) is 6.42 Å². The van der Waals surface area contributed by atoms with E-state index in [9.17, 15) is 8.78 Å². The van der Waals surface area contributed by atoms with Gasteiger partial charge in [0.2, 0.25) is 0 Å². The smallest absolute Gasteiger partial charge is 0.196 e. The number of aromatic nitrogens is 1. The molecule has 90 valence electrons. The number of nitrogens with two attached hydrogens (primary N) is 1. The summed E-state index contributed by atoms with van der Waals surface area (Å²) in [6, 6.07) is 1.88. The van der Waals surface area contributed by atoms with Crippen molar-refractivity contribution in [2.24, 2.45) is 5.73 Å². The number of rotatable bonds is 3. The lowest BCUT2D eigenvalue weighted by atomic mass is 10.1. The predicted molar refractivity (Wildman–Crippen MR) is 59.6 cm³/mol. The summed E-state index contributed by atoms with van der Waals surface area (Å²) in [5.74, 6) is -0.828. The quantitative estimate of drug-likeness (QED) is 0.862. The van der Waals surface area contributed by atoms with Crippen LogP contribution in [0.15, 0.2) is 22.7 Å². The Bertz CT molecular complexity index is 542. The molecule has 3 nitrogen and oxygen atoms in total. The Morgan fingerprint density at radius 3 is 2.76 bits per heavy atom. The van der Waals surface area contributed by atoms with Gasteiger partial charge in [-0.15, -0.1) is 0 Å². The van der Waals surface area contributed by atoms with Gasteiger partial charge >= 0.3 is 0 Å². The molecule has 0 aliphatic heterocycles. The van der Waals surface area contributed by atoms with Crippen molar-refractivity contribution in [1.29, 1.82) is 0 Å². The van der Waals surface area contributed by atoms with Gasteiger partial charge in [-0.2, -0.15) is 0 Å². The molecule has 0 saturated heterocycles. The molecule has 0 bridgehead atoms. The molecule has 0 fully saturated rings. The minimum atomic E-state index is -0.708. The summed E-state index contributed by atoms with van der Waals surface area (Å²) >= 11 is 5.45. The van der Waals surface area contributed by atoms with Gasteiger partial charge < -0.3 is 10.2 Å². The minimum Gasteiger partial charge on any atom is -0.441 e. The van der Waals surface area contributed by atoms with Crippen LogP contribution >= 0.6 is 11.6 Å².